The fraction of sp³-hybridized carbons (Fsp3) is 1.00. The highest BCUT2D eigenvalue weighted by atomic mass is 33.1. The van der Waals surface area contributed by atoms with Gasteiger partial charge in [-0.15, -0.1) is 0 Å². The second-order valence-corrected chi connectivity index (χ2v) is 5.04. The second kappa shape index (κ2) is 9.59. The van der Waals surface area contributed by atoms with E-state index in [2.05, 4.69) is 44.4 Å². The maximum atomic E-state index is 5.67. The highest BCUT2D eigenvalue weighted by Crippen LogP contribution is 2.15. The molecule has 0 spiro atoms. The molecule has 0 saturated carbocycles. The smallest absolute Gasteiger partial charge is 0.169 e. The van der Waals surface area contributed by atoms with Crippen LogP contribution in [0.25, 0.3) is 0 Å². The number of thiol groups is 1. The van der Waals surface area contributed by atoms with Crippen molar-refractivity contribution in [2.75, 3.05) is 13.6 Å². The Hall–Kier alpha value is 0.580. The van der Waals surface area contributed by atoms with Crippen LogP contribution in [0.2, 0.25) is 0 Å². The Kier molecular flexibility index (Phi) is 9.94. The molecule has 0 rings (SSSR count). The van der Waals surface area contributed by atoms with E-state index in [1.165, 1.54) is 6.42 Å². The van der Waals surface area contributed by atoms with Crippen molar-refractivity contribution in [1.82, 2.24) is 4.90 Å². The molecule has 5 heteroatoms. The molecule has 0 unspecified atom stereocenters. The second-order valence-electron chi connectivity index (χ2n) is 4.25. The molecule has 0 amide bonds. The molecule has 0 aromatic heterocycles. The Morgan fingerprint density at radius 2 is 1.94 bits per heavy atom. The van der Waals surface area contributed by atoms with Gasteiger partial charge < -0.3 is 9.64 Å². The summed E-state index contributed by atoms with van der Waals surface area (Å²) in [6.45, 7) is 9.53. The van der Waals surface area contributed by atoms with Gasteiger partial charge in [0.2, 0.25) is 0 Å². The lowest BCUT2D eigenvalue weighted by atomic mass is 10.1. The maximum absolute atomic E-state index is 5.67. The number of hydrogen-bond donors (Lipinski definition) is 1. The van der Waals surface area contributed by atoms with Crippen molar-refractivity contribution in [2.24, 2.45) is 0 Å². The highest BCUT2D eigenvalue weighted by molar-refractivity contribution is 8.66. The van der Waals surface area contributed by atoms with Crippen molar-refractivity contribution in [3.8, 4) is 0 Å². The first kappa shape index (κ1) is 16.6. The third-order valence-electron chi connectivity index (χ3n) is 2.60. The number of hydrogen-bond acceptors (Lipinski definition) is 5. The summed E-state index contributed by atoms with van der Waals surface area (Å²) in [5, 5.41) is 0. The highest BCUT2D eigenvalue weighted by Gasteiger charge is 2.15. The minimum absolute atomic E-state index is 0.199. The van der Waals surface area contributed by atoms with E-state index in [-0.39, 0.29) is 12.4 Å². The van der Waals surface area contributed by atoms with Gasteiger partial charge in [-0.3, -0.25) is 4.18 Å². The zero-order valence-corrected chi connectivity index (χ0v) is 12.7. The normalized spacial score (nSPS) is 17.4. The summed E-state index contributed by atoms with van der Waals surface area (Å²) >= 11 is 4.96. The Balaban J connectivity index is 3.80. The van der Waals surface area contributed by atoms with Crippen molar-refractivity contribution in [1.29, 1.82) is 0 Å². The predicted octanol–water partition coefficient (Wildman–Crippen LogP) is 3.37. The molecule has 0 bridgehead atoms. The number of rotatable bonds is 9. The Morgan fingerprint density at radius 1 is 1.31 bits per heavy atom. The van der Waals surface area contributed by atoms with Crippen molar-refractivity contribution in [2.45, 2.75) is 59.0 Å². The van der Waals surface area contributed by atoms with Crippen molar-refractivity contribution in [3.63, 3.8) is 0 Å². The quantitative estimate of drug-likeness (QED) is 0.299. The van der Waals surface area contributed by atoms with Gasteiger partial charge in [-0.25, -0.2) is 0 Å². The van der Waals surface area contributed by atoms with Crippen LogP contribution in [0.1, 0.15) is 40.5 Å². The van der Waals surface area contributed by atoms with Crippen LogP contribution >= 0.6 is 22.7 Å². The average Bonchev–Trinajstić information content (AvgIpc) is 2.17. The van der Waals surface area contributed by atoms with E-state index in [0.29, 0.717) is 6.04 Å². The van der Waals surface area contributed by atoms with Gasteiger partial charge in [-0.05, 0) is 47.2 Å². The summed E-state index contributed by atoms with van der Waals surface area (Å²) in [4.78, 5) is 2.36. The summed E-state index contributed by atoms with van der Waals surface area (Å²) in [6.07, 6.45) is 2.19. The lowest BCUT2D eigenvalue weighted by molar-refractivity contribution is -0.0980. The Morgan fingerprint density at radius 3 is 2.44 bits per heavy atom. The summed E-state index contributed by atoms with van der Waals surface area (Å²) < 4.78 is 10.8. The van der Waals surface area contributed by atoms with E-state index >= 15 is 0 Å². The van der Waals surface area contributed by atoms with Gasteiger partial charge in [-0.2, -0.15) is 0 Å². The van der Waals surface area contributed by atoms with Crippen molar-refractivity contribution >= 4 is 22.7 Å². The molecule has 0 aromatic rings. The molecule has 0 aliphatic carbocycles. The molecular weight excluding hydrogens is 242 g/mol. The van der Waals surface area contributed by atoms with E-state index in [9.17, 15) is 0 Å². The van der Waals surface area contributed by atoms with Crippen LogP contribution in [0.4, 0.5) is 0 Å². The molecule has 16 heavy (non-hydrogen) atoms. The molecular formula is C11H25NO2S2. The van der Waals surface area contributed by atoms with E-state index in [1.807, 2.05) is 6.92 Å². The maximum Gasteiger partial charge on any atom is 0.169 e. The Labute approximate surface area is 109 Å². The number of ether oxygens (including phenoxy) is 1. The first-order chi connectivity index (χ1) is 7.51. The third kappa shape index (κ3) is 7.79. The van der Waals surface area contributed by atoms with Gasteiger partial charge in [0.15, 0.2) is 6.29 Å². The molecule has 98 valence electrons. The largest absolute Gasteiger partial charge is 0.349 e. The molecule has 0 saturated heterocycles. The third-order valence-corrected chi connectivity index (χ3v) is 3.22. The van der Waals surface area contributed by atoms with Crippen LogP contribution in [-0.2, 0) is 8.92 Å². The lowest BCUT2D eigenvalue weighted by Gasteiger charge is -2.27. The molecule has 3 nitrogen and oxygen atoms in total. The summed E-state index contributed by atoms with van der Waals surface area (Å²) in [5.74, 6) is 0. The molecule has 0 radical (unpaired) electrons. The molecule has 3 atom stereocenters. The zero-order valence-electron chi connectivity index (χ0n) is 11.0. The van der Waals surface area contributed by atoms with Crippen LogP contribution in [0.5, 0.6) is 0 Å². The van der Waals surface area contributed by atoms with E-state index in [0.717, 1.165) is 24.0 Å². The molecule has 0 aliphatic heterocycles. The van der Waals surface area contributed by atoms with Gasteiger partial charge in [0, 0.05) is 6.04 Å². The molecule has 0 heterocycles. The standard InChI is InChI=1S/C11H25NO2S2/c1-6-7-12(5)9(2)8-10(3)13-11(4)14-16-15/h9-11,15H,6-8H2,1-5H3/t9-,10-,11+/m1/s1. The average molecular weight is 267 g/mol. The molecule has 0 N–H and O–H groups in total. The monoisotopic (exact) mass is 267 g/mol. The molecule has 0 aliphatic rings. The van der Waals surface area contributed by atoms with Gasteiger partial charge in [0.05, 0.1) is 17.2 Å². The van der Waals surface area contributed by atoms with Crippen LogP contribution in [0.3, 0.4) is 0 Å². The van der Waals surface area contributed by atoms with E-state index < -0.39 is 0 Å². The van der Waals surface area contributed by atoms with Gasteiger partial charge in [0.25, 0.3) is 0 Å². The van der Waals surface area contributed by atoms with Gasteiger partial charge in [0.1, 0.15) is 0 Å². The van der Waals surface area contributed by atoms with Crippen molar-refractivity contribution in [3.05, 3.63) is 0 Å². The van der Waals surface area contributed by atoms with Crippen LogP contribution < -0.4 is 0 Å². The number of nitrogens with zero attached hydrogens (tertiary/aromatic N) is 1. The minimum atomic E-state index is -0.207. The summed E-state index contributed by atoms with van der Waals surface area (Å²) in [7, 11) is 2.16. The van der Waals surface area contributed by atoms with Crippen LogP contribution in [0, 0.1) is 0 Å². The van der Waals surface area contributed by atoms with Crippen molar-refractivity contribution < 1.29 is 8.92 Å². The summed E-state index contributed by atoms with van der Waals surface area (Å²) in [5.41, 5.74) is 0. The Bertz CT molecular complexity index is 172. The van der Waals surface area contributed by atoms with Gasteiger partial charge >= 0.3 is 0 Å². The van der Waals surface area contributed by atoms with E-state index in [1.54, 1.807) is 0 Å². The SMILES string of the molecule is CCCN(C)[C@H](C)C[C@@H](C)O[C@H](C)OSS. The zero-order chi connectivity index (χ0) is 12.6. The molecule has 0 aromatic carbocycles. The first-order valence-corrected chi connectivity index (χ1v) is 7.63. The first-order valence-electron chi connectivity index (χ1n) is 5.83. The fourth-order valence-corrected chi connectivity index (χ4v) is 2.23. The topological polar surface area (TPSA) is 21.7 Å². The van der Waals surface area contributed by atoms with Crippen LogP contribution in [-0.4, -0.2) is 36.9 Å². The predicted molar refractivity (Wildman–Crippen MR) is 74.7 cm³/mol. The summed E-state index contributed by atoms with van der Waals surface area (Å²) in [6, 6.07) is 0.533. The fourth-order valence-electron chi connectivity index (χ4n) is 1.70. The van der Waals surface area contributed by atoms with E-state index in [4.69, 9.17) is 8.92 Å². The lowest BCUT2D eigenvalue weighted by Crippen LogP contribution is -2.33. The van der Waals surface area contributed by atoms with Gasteiger partial charge in [-0.1, -0.05) is 18.6 Å². The minimum Gasteiger partial charge on any atom is -0.349 e. The van der Waals surface area contributed by atoms with Crippen LogP contribution in [0.15, 0.2) is 0 Å². The molecule has 0 fully saturated rings.